The molecule has 0 saturated carbocycles. The molecule has 0 bridgehead atoms. The fraction of sp³-hybridized carbons (Fsp3) is 0.833. The monoisotopic (exact) mass is 318 g/mol. The van der Waals surface area contributed by atoms with Gasteiger partial charge in [0.2, 0.25) is 0 Å². The first kappa shape index (κ1) is 14.8. The van der Waals surface area contributed by atoms with Crippen molar-refractivity contribution in [3.63, 3.8) is 0 Å². The molecule has 0 saturated heterocycles. The number of hydrogen-bond donors (Lipinski definition) is 0. The molecule has 1 rings (SSSR count). The Bertz CT molecular complexity index is 159. The van der Waals surface area contributed by atoms with Gasteiger partial charge in [-0.1, -0.05) is 0 Å². The minimum absolute atomic E-state index is 0.333. The van der Waals surface area contributed by atoms with Crippen molar-refractivity contribution >= 4 is 28.7 Å². The molecule has 0 aromatic carbocycles. The average Bonchev–Trinajstić information content (AvgIpc) is 2.03. The topological polar surface area (TPSA) is 0 Å². The first-order chi connectivity index (χ1) is 6.43. The second-order valence-corrected chi connectivity index (χ2v) is 17.6. The number of hydrogen-bond acceptors (Lipinski definition) is 0. The molecule has 2 heteroatoms. The molecule has 0 nitrogen and oxygen atoms in total. The van der Waals surface area contributed by atoms with E-state index in [1.54, 1.807) is 0 Å². The van der Waals surface area contributed by atoms with E-state index >= 15 is 0 Å². The molecule has 0 aromatic rings. The molecule has 14 heavy (non-hydrogen) atoms. The molecule has 0 N–H and O–H groups in total. The molecule has 0 aromatic heterocycles. The third kappa shape index (κ3) is 8.16. The van der Waals surface area contributed by atoms with Gasteiger partial charge in [-0.3, -0.25) is 0 Å². The summed E-state index contributed by atoms with van der Waals surface area (Å²) in [6.45, 7) is 2.37. The fourth-order valence-corrected chi connectivity index (χ4v) is 4.44. The first-order valence-electron chi connectivity index (χ1n) is 5.67. The molecule has 1 aliphatic rings. The van der Waals surface area contributed by atoms with Crippen molar-refractivity contribution in [2.75, 3.05) is 0 Å². The van der Waals surface area contributed by atoms with Gasteiger partial charge in [0.1, 0.15) is 0 Å². The van der Waals surface area contributed by atoms with Crippen molar-refractivity contribution in [2.24, 2.45) is 5.92 Å². The maximum absolute atomic E-state index is 2.48. The molecule has 2 atom stereocenters. The van der Waals surface area contributed by atoms with Crippen molar-refractivity contribution < 1.29 is 0 Å². The number of rotatable bonds is 1. The standard InChI is InChI=1S/C9H17Ge.C3H9Ge/c1-8-5-4-6-9(7-8)10(2)3;1-4(2)3/h4,6,8-9H,5,7H2,1-3H3;1-3H3/t8-,9-;/m1./s1. The van der Waals surface area contributed by atoms with Gasteiger partial charge in [-0.2, -0.15) is 0 Å². The van der Waals surface area contributed by atoms with Crippen LogP contribution in [0.4, 0.5) is 0 Å². The van der Waals surface area contributed by atoms with E-state index in [4.69, 9.17) is 0 Å². The Labute approximate surface area is 99.8 Å². The zero-order valence-corrected chi connectivity index (χ0v) is 14.9. The summed E-state index contributed by atoms with van der Waals surface area (Å²) in [4.78, 5) is 0. The van der Waals surface area contributed by atoms with Gasteiger partial charge < -0.3 is 0 Å². The molecule has 0 aliphatic heterocycles. The van der Waals surface area contributed by atoms with Crippen LogP contribution < -0.4 is 0 Å². The van der Waals surface area contributed by atoms with E-state index in [0.29, 0.717) is 0 Å². The van der Waals surface area contributed by atoms with Crippen LogP contribution in [0.2, 0.25) is 33.5 Å². The summed E-state index contributed by atoms with van der Waals surface area (Å²) in [5, 5.41) is 0. The van der Waals surface area contributed by atoms with Gasteiger partial charge in [-0.05, 0) is 0 Å². The summed E-state index contributed by atoms with van der Waals surface area (Å²) in [6, 6.07) is 0. The summed E-state index contributed by atoms with van der Waals surface area (Å²) >= 11 is -0.952. The van der Waals surface area contributed by atoms with E-state index in [1.165, 1.54) is 12.8 Å². The molecule has 0 fully saturated rings. The maximum atomic E-state index is 2.48. The minimum atomic E-state index is -0.619. The molecule has 0 spiro atoms. The normalized spacial score (nSPS) is 26.3. The van der Waals surface area contributed by atoms with Crippen molar-refractivity contribution in [2.45, 2.75) is 53.3 Å². The Hall–Kier alpha value is 0.826. The van der Waals surface area contributed by atoms with Crippen molar-refractivity contribution in [3.05, 3.63) is 12.2 Å². The van der Waals surface area contributed by atoms with E-state index in [0.717, 1.165) is 10.7 Å². The van der Waals surface area contributed by atoms with Gasteiger partial charge in [0, 0.05) is 0 Å². The second kappa shape index (κ2) is 8.03. The van der Waals surface area contributed by atoms with Crippen LogP contribution in [-0.4, -0.2) is 28.7 Å². The number of allylic oxidation sites excluding steroid dienone is 2. The molecular weight excluding hydrogens is 289 g/mol. The SMILES string of the molecule is C[C@@H]1CC=C[C@@H]([Ge]([CH3])[CH3])C1.[CH3][Ge]([CH3])[CH3]. The van der Waals surface area contributed by atoms with Crippen LogP contribution in [0, 0.1) is 5.92 Å². The Morgan fingerprint density at radius 3 is 1.86 bits per heavy atom. The Balaban J connectivity index is 0.000000364. The van der Waals surface area contributed by atoms with E-state index in [9.17, 15) is 0 Å². The summed E-state index contributed by atoms with van der Waals surface area (Å²) in [5.74, 6) is 12.9. The van der Waals surface area contributed by atoms with Gasteiger partial charge in [-0.25, -0.2) is 0 Å². The van der Waals surface area contributed by atoms with Crippen LogP contribution in [0.5, 0.6) is 0 Å². The molecule has 0 amide bonds. The Morgan fingerprint density at radius 1 is 1.07 bits per heavy atom. The zero-order valence-electron chi connectivity index (χ0n) is 10.7. The van der Waals surface area contributed by atoms with Gasteiger partial charge in [0.25, 0.3) is 0 Å². The van der Waals surface area contributed by atoms with E-state index < -0.39 is 14.3 Å². The summed E-state index contributed by atoms with van der Waals surface area (Å²) < 4.78 is 1.02. The van der Waals surface area contributed by atoms with Crippen LogP contribution in [0.15, 0.2) is 12.2 Å². The molecule has 82 valence electrons. The summed E-state index contributed by atoms with van der Waals surface area (Å²) in [7, 11) is 0. The predicted octanol–water partition coefficient (Wildman–Crippen LogP) is 4.47. The van der Waals surface area contributed by atoms with Crippen LogP contribution >= 0.6 is 0 Å². The average molecular weight is 316 g/mol. The summed E-state index contributed by atoms with van der Waals surface area (Å²) in [6.07, 6.45) is 7.65. The van der Waals surface area contributed by atoms with E-state index in [-0.39, 0.29) is 14.3 Å². The molecule has 1 aliphatic carbocycles. The summed E-state index contributed by atoms with van der Waals surface area (Å²) in [5.41, 5.74) is 0. The van der Waals surface area contributed by atoms with Crippen LogP contribution in [0.3, 0.4) is 0 Å². The van der Waals surface area contributed by atoms with Crippen molar-refractivity contribution in [3.8, 4) is 0 Å². The molecular formula is C12H26Ge2. The van der Waals surface area contributed by atoms with Crippen molar-refractivity contribution in [1.82, 2.24) is 0 Å². The van der Waals surface area contributed by atoms with E-state index in [2.05, 4.69) is 47.9 Å². The Morgan fingerprint density at radius 2 is 1.57 bits per heavy atom. The van der Waals surface area contributed by atoms with Gasteiger partial charge in [0.15, 0.2) is 0 Å². The predicted molar refractivity (Wildman–Crippen MR) is 72.1 cm³/mol. The molecule has 0 heterocycles. The van der Waals surface area contributed by atoms with Gasteiger partial charge >= 0.3 is 100 Å². The van der Waals surface area contributed by atoms with Crippen LogP contribution in [0.1, 0.15) is 19.8 Å². The molecule has 2 radical (unpaired) electrons. The second-order valence-electron chi connectivity index (χ2n) is 5.19. The van der Waals surface area contributed by atoms with E-state index in [1.807, 2.05) is 0 Å². The van der Waals surface area contributed by atoms with Gasteiger partial charge in [-0.15, -0.1) is 0 Å². The molecule has 0 unspecified atom stereocenters. The zero-order chi connectivity index (χ0) is 11.1. The van der Waals surface area contributed by atoms with Gasteiger partial charge in [0.05, 0.1) is 0 Å². The third-order valence-corrected chi connectivity index (χ3v) is 6.31. The third-order valence-electron chi connectivity index (χ3n) is 2.30. The quantitative estimate of drug-likeness (QED) is 0.495. The van der Waals surface area contributed by atoms with Crippen LogP contribution in [0.25, 0.3) is 0 Å². The fourth-order valence-electron chi connectivity index (χ4n) is 1.51. The Kier molecular flexibility index (Phi) is 8.51. The van der Waals surface area contributed by atoms with Crippen LogP contribution in [-0.2, 0) is 0 Å². The van der Waals surface area contributed by atoms with Crippen molar-refractivity contribution in [1.29, 1.82) is 0 Å². The first-order valence-corrected chi connectivity index (χ1v) is 17.4.